The molecule has 0 aliphatic rings. The number of aromatic hydroxyl groups is 1. The summed E-state index contributed by atoms with van der Waals surface area (Å²) in [6.45, 7) is 1.77. The van der Waals surface area contributed by atoms with E-state index in [0.29, 0.717) is 0 Å². The van der Waals surface area contributed by atoms with E-state index < -0.39 is 17.8 Å². The second-order valence-corrected chi connectivity index (χ2v) is 4.40. The lowest BCUT2D eigenvalue weighted by atomic mass is 10.2. The Morgan fingerprint density at radius 2 is 1.95 bits per heavy atom. The normalized spacial score (nSPS) is 11.2. The van der Waals surface area contributed by atoms with Gasteiger partial charge in [-0.1, -0.05) is 6.07 Å². The van der Waals surface area contributed by atoms with E-state index in [-0.39, 0.29) is 17.0 Å². The van der Waals surface area contributed by atoms with Crippen LogP contribution >= 0.6 is 0 Å². The third kappa shape index (κ3) is 3.50. The van der Waals surface area contributed by atoms with Gasteiger partial charge in [-0.3, -0.25) is 9.78 Å². The van der Waals surface area contributed by atoms with Gasteiger partial charge in [0.25, 0.3) is 5.91 Å². The van der Waals surface area contributed by atoms with Crippen molar-refractivity contribution in [2.75, 3.05) is 5.32 Å². The molecular formula is C14H11F3N2O2. The molecule has 0 bridgehead atoms. The van der Waals surface area contributed by atoms with Gasteiger partial charge < -0.3 is 10.4 Å². The van der Waals surface area contributed by atoms with Crippen LogP contribution in [0.2, 0.25) is 0 Å². The molecule has 2 aromatic rings. The SMILES string of the molecule is Cc1ccc(NC(=O)c2ccc(C(F)(F)F)nc2)c(O)c1. The first-order valence-electron chi connectivity index (χ1n) is 5.91. The van der Waals surface area contributed by atoms with Crippen LogP contribution < -0.4 is 5.32 Å². The van der Waals surface area contributed by atoms with E-state index in [4.69, 9.17) is 0 Å². The highest BCUT2D eigenvalue weighted by atomic mass is 19.4. The molecular weight excluding hydrogens is 285 g/mol. The maximum absolute atomic E-state index is 12.4. The van der Waals surface area contributed by atoms with E-state index in [9.17, 15) is 23.1 Å². The number of alkyl halides is 3. The van der Waals surface area contributed by atoms with E-state index in [0.717, 1.165) is 23.9 Å². The Morgan fingerprint density at radius 1 is 1.24 bits per heavy atom. The summed E-state index contributed by atoms with van der Waals surface area (Å²) in [4.78, 5) is 15.1. The number of rotatable bonds is 2. The van der Waals surface area contributed by atoms with E-state index >= 15 is 0 Å². The molecule has 0 saturated heterocycles. The number of halogens is 3. The van der Waals surface area contributed by atoms with Crippen molar-refractivity contribution < 1.29 is 23.1 Å². The molecule has 7 heteroatoms. The molecule has 0 aliphatic heterocycles. The number of carbonyl (C=O) groups excluding carboxylic acids is 1. The number of phenolic OH excluding ortho intramolecular Hbond substituents is 1. The number of phenols is 1. The van der Waals surface area contributed by atoms with Crippen molar-refractivity contribution >= 4 is 11.6 Å². The minimum Gasteiger partial charge on any atom is -0.506 e. The van der Waals surface area contributed by atoms with Crippen LogP contribution in [0.25, 0.3) is 0 Å². The van der Waals surface area contributed by atoms with Crippen molar-refractivity contribution in [3.8, 4) is 5.75 Å². The Bertz CT molecular complexity index is 667. The van der Waals surface area contributed by atoms with Crippen LogP contribution in [-0.4, -0.2) is 16.0 Å². The smallest absolute Gasteiger partial charge is 0.433 e. The first-order valence-corrected chi connectivity index (χ1v) is 5.91. The first kappa shape index (κ1) is 14.8. The second-order valence-electron chi connectivity index (χ2n) is 4.40. The van der Waals surface area contributed by atoms with Gasteiger partial charge in [-0.2, -0.15) is 13.2 Å². The fourth-order valence-electron chi connectivity index (χ4n) is 1.64. The summed E-state index contributed by atoms with van der Waals surface area (Å²) < 4.78 is 37.1. The van der Waals surface area contributed by atoms with Gasteiger partial charge in [-0.15, -0.1) is 0 Å². The molecule has 1 heterocycles. The number of hydrogen-bond donors (Lipinski definition) is 2. The average molecular weight is 296 g/mol. The molecule has 1 aromatic heterocycles. The third-order valence-corrected chi connectivity index (χ3v) is 2.72. The van der Waals surface area contributed by atoms with Crippen LogP contribution in [0.1, 0.15) is 21.6 Å². The Morgan fingerprint density at radius 3 is 2.48 bits per heavy atom. The van der Waals surface area contributed by atoms with E-state index in [1.807, 2.05) is 0 Å². The Labute approximate surface area is 118 Å². The van der Waals surface area contributed by atoms with E-state index in [1.165, 1.54) is 12.1 Å². The molecule has 0 unspecified atom stereocenters. The Balaban J connectivity index is 2.17. The molecule has 21 heavy (non-hydrogen) atoms. The van der Waals surface area contributed by atoms with Crippen molar-refractivity contribution in [1.29, 1.82) is 0 Å². The minimum atomic E-state index is -4.55. The summed E-state index contributed by atoms with van der Waals surface area (Å²) in [5.74, 6) is -0.779. The Kier molecular flexibility index (Phi) is 3.84. The van der Waals surface area contributed by atoms with Gasteiger partial charge in [0.2, 0.25) is 0 Å². The topological polar surface area (TPSA) is 62.2 Å². The highest BCUT2D eigenvalue weighted by molar-refractivity contribution is 6.04. The van der Waals surface area contributed by atoms with Gasteiger partial charge in [-0.25, -0.2) is 0 Å². The highest BCUT2D eigenvalue weighted by Crippen LogP contribution is 2.28. The number of carbonyl (C=O) groups is 1. The predicted molar refractivity (Wildman–Crippen MR) is 70.0 cm³/mol. The number of hydrogen-bond acceptors (Lipinski definition) is 3. The molecule has 0 radical (unpaired) electrons. The fraction of sp³-hybridized carbons (Fsp3) is 0.143. The zero-order valence-corrected chi connectivity index (χ0v) is 10.9. The average Bonchev–Trinajstić information content (AvgIpc) is 2.41. The van der Waals surface area contributed by atoms with Crippen LogP contribution in [-0.2, 0) is 6.18 Å². The number of amides is 1. The number of aromatic nitrogens is 1. The van der Waals surface area contributed by atoms with Crippen molar-refractivity contribution in [3.05, 3.63) is 53.3 Å². The molecule has 1 amide bonds. The van der Waals surface area contributed by atoms with Gasteiger partial charge >= 0.3 is 6.18 Å². The maximum atomic E-state index is 12.4. The van der Waals surface area contributed by atoms with Gasteiger partial charge in [-0.05, 0) is 36.8 Å². The van der Waals surface area contributed by atoms with Crippen LogP contribution in [0, 0.1) is 6.92 Å². The lowest BCUT2D eigenvalue weighted by Gasteiger charge is -2.09. The standard InChI is InChI=1S/C14H11F3N2O2/c1-8-2-4-10(11(20)6-8)19-13(21)9-3-5-12(18-7-9)14(15,16)17/h2-7,20H,1H3,(H,19,21). The fourth-order valence-corrected chi connectivity index (χ4v) is 1.64. The molecule has 110 valence electrons. The second kappa shape index (κ2) is 5.43. The van der Waals surface area contributed by atoms with Crippen molar-refractivity contribution in [2.24, 2.45) is 0 Å². The van der Waals surface area contributed by atoms with Crippen molar-refractivity contribution in [2.45, 2.75) is 13.1 Å². The van der Waals surface area contributed by atoms with Crippen LogP contribution in [0.5, 0.6) is 5.75 Å². The lowest BCUT2D eigenvalue weighted by molar-refractivity contribution is -0.141. The van der Waals surface area contributed by atoms with Gasteiger partial charge in [0.05, 0.1) is 11.3 Å². The van der Waals surface area contributed by atoms with Crippen molar-refractivity contribution in [3.63, 3.8) is 0 Å². The number of nitrogens with one attached hydrogen (secondary N) is 1. The third-order valence-electron chi connectivity index (χ3n) is 2.72. The molecule has 2 rings (SSSR count). The number of aryl methyl sites for hydroxylation is 1. The number of anilines is 1. The van der Waals surface area contributed by atoms with E-state index in [2.05, 4.69) is 10.3 Å². The molecule has 2 N–H and O–H groups in total. The minimum absolute atomic E-state index is 0.0389. The maximum Gasteiger partial charge on any atom is 0.433 e. The molecule has 4 nitrogen and oxygen atoms in total. The van der Waals surface area contributed by atoms with Crippen LogP contribution in [0.3, 0.4) is 0 Å². The van der Waals surface area contributed by atoms with Gasteiger partial charge in [0.15, 0.2) is 0 Å². The van der Waals surface area contributed by atoms with Crippen LogP contribution in [0.15, 0.2) is 36.5 Å². The summed E-state index contributed by atoms with van der Waals surface area (Å²) in [6, 6.07) is 6.39. The zero-order chi connectivity index (χ0) is 15.6. The Hall–Kier alpha value is -2.57. The molecule has 0 spiro atoms. The monoisotopic (exact) mass is 296 g/mol. The number of pyridine rings is 1. The summed E-state index contributed by atoms with van der Waals surface area (Å²) in [5, 5.41) is 12.1. The summed E-state index contributed by atoms with van der Waals surface area (Å²) >= 11 is 0. The molecule has 0 saturated carbocycles. The number of nitrogens with zero attached hydrogens (tertiary/aromatic N) is 1. The zero-order valence-electron chi connectivity index (χ0n) is 10.9. The van der Waals surface area contributed by atoms with Crippen molar-refractivity contribution in [1.82, 2.24) is 4.98 Å². The van der Waals surface area contributed by atoms with E-state index in [1.54, 1.807) is 13.0 Å². The first-order chi connectivity index (χ1) is 9.77. The molecule has 0 atom stereocenters. The highest BCUT2D eigenvalue weighted by Gasteiger charge is 2.32. The van der Waals surface area contributed by atoms with Crippen LogP contribution in [0.4, 0.5) is 18.9 Å². The molecule has 0 aliphatic carbocycles. The number of benzene rings is 1. The largest absolute Gasteiger partial charge is 0.506 e. The quantitative estimate of drug-likeness (QED) is 0.835. The summed E-state index contributed by atoms with van der Waals surface area (Å²) in [5.41, 5.74) is -0.132. The molecule has 0 fully saturated rings. The van der Waals surface area contributed by atoms with Gasteiger partial charge in [0.1, 0.15) is 11.4 Å². The molecule has 1 aromatic carbocycles. The van der Waals surface area contributed by atoms with Gasteiger partial charge in [0, 0.05) is 6.20 Å². The summed E-state index contributed by atoms with van der Waals surface area (Å²) in [6.07, 6.45) is -3.71. The predicted octanol–water partition coefficient (Wildman–Crippen LogP) is 3.37. The lowest BCUT2D eigenvalue weighted by Crippen LogP contribution is -2.14. The summed E-state index contributed by atoms with van der Waals surface area (Å²) in [7, 11) is 0.